The Hall–Kier alpha value is -1.67. The van der Waals surface area contributed by atoms with Gasteiger partial charge in [0.2, 0.25) is 0 Å². The third kappa shape index (κ3) is 2.28. The molecule has 0 radical (unpaired) electrons. The lowest BCUT2D eigenvalue weighted by atomic mass is 9.86. The van der Waals surface area contributed by atoms with Gasteiger partial charge in [-0.25, -0.2) is 0 Å². The summed E-state index contributed by atoms with van der Waals surface area (Å²) in [4.78, 5) is 12.7. The second-order valence-electron chi connectivity index (χ2n) is 5.37. The summed E-state index contributed by atoms with van der Waals surface area (Å²) in [6, 6.07) is 12.3. The molecule has 0 spiro atoms. The normalized spacial score (nSPS) is 16.7. The molecule has 1 saturated heterocycles. The predicted molar refractivity (Wildman–Crippen MR) is 78.6 cm³/mol. The molecule has 3 rings (SSSR count). The number of carbonyl (C=O) groups excluding carboxylic acids is 1. The molecule has 2 aromatic rings. The van der Waals surface area contributed by atoms with Gasteiger partial charge in [0.25, 0.3) is 0 Å². The van der Waals surface area contributed by atoms with Crippen LogP contribution in [0.4, 0.5) is 0 Å². The Bertz CT molecular complexity index is 606. The van der Waals surface area contributed by atoms with Gasteiger partial charge in [-0.3, -0.25) is 4.79 Å². The van der Waals surface area contributed by atoms with Crippen molar-refractivity contribution < 1.29 is 4.79 Å². The molecule has 2 nitrogen and oxygen atoms in total. The average molecular weight is 253 g/mol. The molecule has 0 bridgehead atoms. The van der Waals surface area contributed by atoms with E-state index in [1.165, 1.54) is 10.9 Å². The Kier molecular flexibility index (Phi) is 3.34. The van der Waals surface area contributed by atoms with E-state index >= 15 is 0 Å². The molecule has 2 heteroatoms. The lowest BCUT2D eigenvalue weighted by molar-refractivity contribution is 0.0897. The van der Waals surface area contributed by atoms with Crippen LogP contribution in [0.25, 0.3) is 10.8 Å². The standard InChI is InChI=1S/C17H19NO/c1-12-4-2-5-13-6-3-7-15(16(12)13)17(19)14-8-10-18-11-9-14/h2-7,14,18H,8-11H2,1H3. The zero-order valence-corrected chi connectivity index (χ0v) is 11.3. The Morgan fingerprint density at radius 1 is 1.11 bits per heavy atom. The zero-order chi connectivity index (χ0) is 13.2. The van der Waals surface area contributed by atoms with Crippen molar-refractivity contribution in [3.05, 3.63) is 47.5 Å². The van der Waals surface area contributed by atoms with E-state index in [1.54, 1.807) is 0 Å². The van der Waals surface area contributed by atoms with Crippen molar-refractivity contribution in [3.63, 3.8) is 0 Å². The first-order valence-corrected chi connectivity index (χ1v) is 7.00. The fraction of sp³-hybridized carbons (Fsp3) is 0.353. The molecule has 98 valence electrons. The van der Waals surface area contributed by atoms with Crippen LogP contribution in [0.2, 0.25) is 0 Å². The van der Waals surface area contributed by atoms with E-state index in [0.717, 1.165) is 36.9 Å². The van der Waals surface area contributed by atoms with Crippen LogP contribution in [-0.2, 0) is 0 Å². The fourth-order valence-electron chi connectivity index (χ4n) is 3.04. The second-order valence-corrected chi connectivity index (χ2v) is 5.37. The molecule has 0 aliphatic carbocycles. The second kappa shape index (κ2) is 5.14. The fourth-order valence-corrected chi connectivity index (χ4v) is 3.04. The third-order valence-corrected chi connectivity index (χ3v) is 4.09. The highest BCUT2D eigenvalue weighted by atomic mass is 16.1. The number of fused-ring (bicyclic) bond motifs is 1. The summed E-state index contributed by atoms with van der Waals surface area (Å²) < 4.78 is 0. The van der Waals surface area contributed by atoms with E-state index in [2.05, 4.69) is 36.5 Å². The molecule has 0 atom stereocenters. The van der Waals surface area contributed by atoms with Crippen molar-refractivity contribution in [1.82, 2.24) is 5.32 Å². The first kappa shape index (κ1) is 12.4. The molecule has 1 aliphatic heterocycles. The third-order valence-electron chi connectivity index (χ3n) is 4.09. The molecule has 0 unspecified atom stereocenters. The summed E-state index contributed by atoms with van der Waals surface area (Å²) in [6.07, 6.45) is 1.92. The van der Waals surface area contributed by atoms with Crippen LogP contribution in [0, 0.1) is 12.8 Å². The molecule has 0 amide bonds. The van der Waals surface area contributed by atoms with E-state index in [4.69, 9.17) is 0 Å². The van der Waals surface area contributed by atoms with Crippen LogP contribution >= 0.6 is 0 Å². The quantitative estimate of drug-likeness (QED) is 0.832. The largest absolute Gasteiger partial charge is 0.317 e. The number of hydrogen-bond acceptors (Lipinski definition) is 2. The van der Waals surface area contributed by atoms with Crippen molar-refractivity contribution in [1.29, 1.82) is 0 Å². The number of rotatable bonds is 2. The molecule has 2 aromatic carbocycles. The van der Waals surface area contributed by atoms with Gasteiger partial charge in [0.15, 0.2) is 5.78 Å². The minimum Gasteiger partial charge on any atom is -0.317 e. The topological polar surface area (TPSA) is 29.1 Å². The summed E-state index contributed by atoms with van der Waals surface area (Å²) in [7, 11) is 0. The van der Waals surface area contributed by atoms with E-state index < -0.39 is 0 Å². The van der Waals surface area contributed by atoms with Crippen LogP contribution in [0.5, 0.6) is 0 Å². The Morgan fingerprint density at radius 2 is 1.79 bits per heavy atom. The first-order valence-electron chi connectivity index (χ1n) is 7.00. The van der Waals surface area contributed by atoms with Crippen LogP contribution in [0.1, 0.15) is 28.8 Å². The Labute approximate surface area is 113 Å². The number of aryl methyl sites for hydroxylation is 1. The molecule has 1 N–H and O–H groups in total. The summed E-state index contributed by atoms with van der Waals surface area (Å²) in [5.74, 6) is 0.507. The Morgan fingerprint density at radius 3 is 2.53 bits per heavy atom. The number of nitrogens with one attached hydrogen (secondary N) is 1. The van der Waals surface area contributed by atoms with E-state index in [9.17, 15) is 4.79 Å². The maximum atomic E-state index is 12.7. The number of benzene rings is 2. The zero-order valence-electron chi connectivity index (χ0n) is 11.3. The maximum absolute atomic E-state index is 12.7. The van der Waals surface area contributed by atoms with Crippen molar-refractivity contribution >= 4 is 16.6 Å². The predicted octanol–water partition coefficient (Wildman–Crippen LogP) is 3.33. The maximum Gasteiger partial charge on any atom is 0.166 e. The first-order chi connectivity index (χ1) is 9.27. The van der Waals surface area contributed by atoms with Gasteiger partial charge in [0.1, 0.15) is 0 Å². The van der Waals surface area contributed by atoms with Crippen LogP contribution in [0.3, 0.4) is 0 Å². The Balaban J connectivity index is 2.06. The van der Waals surface area contributed by atoms with Gasteiger partial charge in [-0.2, -0.15) is 0 Å². The molecule has 1 fully saturated rings. The van der Waals surface area contributed by atoms with E-state index in [-0.39, 0.29) is 5.92 Å². The molecule has 19 heavy (non-hydrogen) atoms. The summed E-state index contributed by atoms with van der Waals surface area (Å²) in [5.41, 5.74) is 2.10. The van der Waals surface area contributed by atoms with Gasteiger partial charge in [-0.05, 0) is 49.2 Å². The van der Waals surface area contributed by atoms with Gasteiger partial charge in [0, 0.05) is 11.5 Å². The van der Waals surface area contributed by atoms with E-state index in [1.807, 2.05) is 12.1 Å². The molecule has 0 saturated carbocycles. The smallest absolute Gasteiger partial charge is 0.166 e. The van der Waals surface area contributed by atoms with Gasteiger partial charge >= 0.3 is 0 Å². The van der Waals surface area contributed by atoms with Crippen molar-refractivity contribution in [3.8, 4) is 0 Å². The van der Waals surface area contributed by atoms with Gasteiger partial charge in [-0.1, -0.05) is 36.4 Å². The lowest BCUT2D eigenvalue weighted by Gasteiger charge is -2.22. The SMILES string of the molecule is Cc1cccc2cccc(C(=O)C3CCNCC3)c12. The molecule has 0 aromatic heterocycles. The molecular formula is C17H19NO. The molecular weight excluding hydrogens is 234 g/mol. The molecule has 1 heterocycles. The number of carbonyl (C=O) groups is 1. The van der Waals surface area contributed by atoms with Crippen molar-refractivity contribution in [2.24, 2.45) is 5.92 Å². The summed E-state index contributed by atoms with van der Waals surface area (Å²) >= 11 is 0. The number of Topliss-reactive ketones (excluding diaryl/α,β-unsaturated/α-hetero) is 1. The van der Waals surface area contributed by atoms with Gasteiger partial charge in [0.05, 0.1) is 0 Å². The summed E-state index contributed by atoms with van der Waals surface area (Å²) in [5, 5.41) is 5.62. The van der Waals surface area contributed by atoms with Crippen molar-refractivity contribution in [2.75, 3.05) is 13.1 Å². The number of hydrogen-bond donors (Lipinski definition) is 1. The van der Waals surface area contributed by atoms with Gasteiger partial charge in [-0.15, -0.1) is 0 Å². The van der Waals surface area contributed by atoms with Crippen LogP contribution < -0.4 is 5.32 Å². The van der Waals surface area contributed by atoms with Crippen molar-refractivity contribution in [2.45, 2.75) is 19.8 Å². The highest BCUT2D eigenvalue weighted by Gasteiger charge is 2.23. The minimum atomic E-state index is 0.187. The number of ketones is 1. The van der Waals surface area contributed by atoms with E-state index in [0.29, 0.717) is 5.78 Å². The highest BCUT2D eigenvalue weighted by molar-refractivity contribution is 6.10. The molecule has 1 aliphatic rings. The summed E-state index contributed by atoms with van der Waals surface area (Å²) in [6.45, 7) is 4.00. The highest BCUT2D eigenvalue weighted by Crippen LogP contribution is 2.27. The number of piperidine rings is 1. The van der Waals surface area contributed by atoms with Crippen LogP contribution in [0.15, 0.2) is 36.4 Å². The average Bonchev–Trinajstić information content (AvgIpc) is 2.47. The monoisotopic (exact) mass is 253 g/mol. The lowest BCUT2D eigenvalue weighted by Crippen LogP contribution is -2.32. The van der Waals surface area contributed by atoms with Crippen LogP contribution in [-0.4, -0.2) is 18.9 Å². The minimum absolute atomic E-state index is 0.187. The van der Waals surface area contributed by atoms with Gasteiger partial charge < -0.3 is 5.32 Å².